The summed E-state index contributed by atoms with van der Waals surface area (Å²) < 4.78 is 0. The third-order valence-corrected chi connectivity index (χ3v) is 10.4. The molecule has 0 unspecified atom stereocenters. The molecule has 0 fully saturated rings. The maximum Gasteiger partial charge on any atom is 0.0731 e. The molecule has 0 radical (unpaired) electrons. The van der Waals surface area contributed by atoms with Gasteiger partial charge in [-0.25, -0.2) is 0 Å². The van der Waals surface area contributed by atoms with Crippen molar-refractivity contribution >= 4 is 38.6 Å². The highest BCUT2D eigenvalue weighted by atomic mass is 15.1. The van der Waals surface area contributed by atoms with E-state index < -0.39 is 5.41 Å². The molecule has 1 spiro atoms. The second-order valence-electron chi connectivity index (χ2n) is 13.0. The van der Waals surface area contributed by atoms with E-state index in [0.29, 0.717) is 0 Å². The molecule has 2 aliphatic rings. The van der Waals surface area contributed by atoms with E-state index >= 15 is 0 Å². The van der Waals surface area contributed by atoms with Gasteiger partial charge in [0.15, 0.2) is 0 Å². The number of benzene rings is 8. The second-order valence-corrected chi connectivity index (χ2v) is 13.0. The molecule has 2 aliphatic carbocycles. The van der Waals surface area contributed by atoms with Gasteiger partial charge in [-0.05, 0) is 127 Å². The first kappa shape index (κ1) is 26.3. The maximum absolute atomic E-state index is 2.50. The summed E-state index contributed by atoms with van der Waals surface area (Å²) in [6.07, 6.45) is 0. The van der Waals surface area contributed by atoms with Crippen LogP contribution in [0.1, 0.15) is 27.8 Å². The van der Waals surface area contributed by atoms with E-state index in [4.69, 9.17) is 0 Å². The summed E-state index contributed by atoms with van der Waals surface area (Å²) in [5.41, 5.74) is 15.1. The lowest BCUT2D eigenvalue weighted by Gasteiger charge is -2.31. The first-order chi connectivity index (χ1) is 23.2. The number of rotatable bonds is 3. The van der Waals surface area contributed by atoms with Crippen LogP contribution in [0.5, 0.6) is 0 Å². The summed E-state index contributed by atoms with van der Waals surface area (Å²) in [4.78, 5) is 2.37. The summed E-state index contributed by atoms with van der Waals surface area (Å²) in [6, 6.07) is 63.1. The Morgan fingerprint density at radius 2 is 1.04 bits per heavy atom. The molecule has 0 amide bonds. The van der Waals surface area contributed by atoms with Crippen LogP contribution >= 0.6 is 0 Å². The Bertz CT molecular complexity index is 2500. The summed E-state index contributed by atoms with van der Waals surface area (Å²) in [5.74, 6) is 0. The van der Waals surface area contributed by atoms with Crippen LogP contribution in [0.15, 0.2) is 170 Å². The van der Waals surface area contributed by atoms with E-state index in [-0.39, 0.29) is 0 Å². The lowest BCUT2D eigenvalue weighted by atomic mass is 9.69. The van der Waals surface area contributed by atoms with Gasteiger partial charge in [-0.2, -0.15) is 0 Å². The van der Waals surface area contributed by atoms with Crippen molar-refractivity contribution in [2.45, 2.75) is 12.3 Å². The van der Waals surface area contributed by atoms with E-state index in [1.807, 2.05) is 0 Å². The minimum atomic E-state index is -0.404. The van der Waals surface area contributed by atoms with Crippen molar-refractivity contribution in [2.24, 2.45) is 0 Å². The lowest BCUT2D eigenvalue weighted by molar-refractivity contribution is 0.802. The highest BCUT2D eigenvalue weighted by molar-refractivity contribution is 6.06. The zero-order valence-corrected chi connectivity index (χ0v) is 26.1. The average molecular weight is 598 g/mol. The van der Waals surface area contributed by atoms with Gasteiger partial charge < -0.3 is 4.90 Å². The molecule has 0 N–H and O–H groups in total. The smallest absolute Gasteiger partial charge is 0.0731 e. The molecular formula is C46H31N. The number of nitrogens with zero attached hydrogens (tertiary/aromatic N) is 1. The molecule has 8 aromatic carbocycles. The average Bonchev–Trinajstić information content (AvgIpc) is 3.58. The third kappa shape index (κ3) is 3.60. The molecule has 0 aromatic heterocycles. The molecule has 0 bridgehead atoms. The summed E-state index contributed by atoms with van der Waals surface area (Å²) in [6.45, 7) is 2.16. The molecule has 220 valence electrons. The van der Waals surface area contributed by atoms with E-state index in [2.05, 4.69) is 182 Å². The van der Waals surface area contributed by atoms with Crippen molar-refractivity contribution in [3.05, 3.63) is 198 Å². The topological polar surface area (TPSA) is 3.24 Å². The SMILES string of the molecule is Cc1cccc(N(c2ccccc2)c2ccc3cc4c(cc3c2)C2(c3ccccc3-c3ccccc32)c2c-4ccc3ccccc23)c1. The quantitative estimate of drug-likeness (QED) is 0.196. The van der Waals surface area contributed by atoms with Crippen molar-refractivity contribution in [1.82, 2.24) is 0 Å². The summed E-state index contributed by atoms with van der Waals surface area (Å²) in [5, 5.41) is 5.10. The highest BCUT2D eigenvalue weighted by Gasteiger charge is 2.52. The molecule has 1 heteroatoms. The van der Waals surface area contributed by atoms with Crippen LogP contribution in [-0.4, -0.2) is 0 Å². The molecule has 47 heavy (non-hydrogen) atoms. The molecule has 10 rings (SSSR count). The van der Waals surface area contributed by atoms with Gasteiger partial charge in [-0.1, -0.05) is 121 Å². The zero-order chi connectivity index (χ0) is 31.1. The van der Waals surface area contributed by atoms with Gasteiger partial charge in [-0.3, -0.25) is 0 Å². The standard InChI is InChI=1S/C46H31N/c1-30-12-11-16-35(26-30)47(34-14-3-2-4-15-34)36-24-22-32-28-41-40-25-23-31-13-5-6-17-37(31)45(40)46(44(41)29-33(32)27-36)42-20-9-7-18-38(42)39-19-8-10-21-43(39)46/h2-29H,1H3. The molecule has 0 atom stereocenters. The van der Waals surface area contributed by atoms with E-state index in [1.54, 1.807) is 0 Å². The van der Waals surface area contributed by atoms with Crippen molar-refractivity contribution in [2.75, 3.05) is 4.90 Å². The van der Waals surface area contributed by atoms with Crippen molar-refractivity contribution in [3.8, 4) is 22.3 Å². The fourth-order valence-corrected chi connectivity index (χ4v) is 8.58. The lowest BCUT2D eigenvalue weighted by Crippen LogP contribution is -2.26. The van der Waals surface area contributed by atoms with Gasteiger partial charge in [0.2, 0.25) is 0 Å². The Balaban J connectivity index is 1.29. The summed E-state index contributed by atoms with van der Waals surface area (Å²) >= 11 is 0. The molecule has 8 aromatic rings. The normalized spacial score (nSPS) is 13.4. The Morgan fingerprint density at radius 3 is 1.83 bits per heavy atom. The van der Waals surface area contributed by atoms with Gasteiger partial charge in [0.1, 0.15) is 0 Å². The van der Waals surface area contributed by atoms with E-state index in [1.165, 1.54) is 71.6 Å². The van der Waals surface area contributed by atoms with Crippen LogP contribution in [-0.2, 0) is 5.41 Å². The fourth-order valence-electron chi connectivity index (χ4n) is 8.58. The first-order valence-corrected chi connectivity index (χ1v) is 16.4. The Hall–Kier alpha value is -5.92. The number of anilines is 3. The van der Waals surface area contributed by atoms with Crippen LogP contribution in [0.3, 0.4) is 0 Å². The molecule has 1 nitrogen and oxygen atoms in total. The minimum Gasteiger partial charge on any atom is -0.310 e. The largest absolute Gasteiger partial charge is 0.310 e. The zero-order valence-electron chi connectivity index (χ0n) is 26.1. The Kier molecular flexibility index (Phi) is 5.48. The molecule has 0 aliphatic heterocycles. The van der Waals surface area contributed by atoms with Gasteiger partial charge >= 0.3 is 0 Å². The second kappa shape index (κ2) is 9.79. The van der Waals surface area contributed by atoms with Gasteiger partial charge in [0, 0.05) is 17.1 Å². The van der Waals surface area contributed by atoms with Crippen molar-refractivity contribution in [1.29, 1.82) is 0 Å². The van der Waals surface area contributed by atoms with Crippen LogP contribution in [0.2, 0.25) is 0 Å². The van der Waals surface area contributed by atoms with Gasteiger partial charge in [0.05, 0.1) is 5.41 Å². The van der Waals surface area contributed by atoms with Crippen LogP contribution in [0.25, 0.3) is 43.8 Å². The maximum atomic E-state index is 2.50. The van der Waals surface area contributed by atoms with Gasteiger partial charge in [0.25, 0.3) is 0 Å². The molecule has 0 saturated heterocycles. The van der Waals surface area contributed by atoms with Crippen molar-refractivity contribution in [3.63, 3.8) is 0 Å². The van der Waals surface area contributed by atoms with Gasteiger partial charge in [-0.15, -0.1) is 0 Å². The van der Waals surface area contributed by atoms with Crippen molar-refractivity contribution < 1.29 is 0 Å². The predicted octanol–water partition coefficient (Wildman–Crippen LogP) is 12.1. The fraction of sp³-hybridized carbons (Fsp3) is 0.0435. The minimum absolute atomic E-state index is 0.404. The third-order valence-electron chi connectivity index (χ3n) is 10.4. The number of para-hydroxylation sites is 1. The van der Waals surface area contributed by atoms with Crippen LogP contribution in [0.4, 0.5) is 17.1 Å². The van der Waals surface area contributed by atoms with E-state index in [0.717, 1.165) is 17.1 Å². The highest BCUT2D eigenvalue weighted by Crippen LogP contribution is 2.64. The predicted molar refractivity (Wildman–Crippen MR) is 197 cm³/mol. The number of hydrogen-bond donors (Lipinski definition) is 0. The first-order valence-electron chi connectivity index (χ1n) is 16.4. The Morgan fingerprint density at radius 1 is 0.383 bits per heavy atom. The summed E-state index contributed by atoms with van der Waals surface area (Å²) in [7, 11) is 0. The molecule has 0 saturated carbocycles. The van der Waals surface area contributed by atoms with Crippen LogP contribution in [0, 0.1) is 6.92 Å². The van der Waals surface area contributed by atoms with E-state index in [9.17, 15) is 0 Å². The Labute approximate surface area is 275 Å². The molecule has 0 heterocycles. The number of hydrogen-bond acceptors (Lipinski definition) is 1. The monoisotopic (exact) mass is 597 g/mol. The van der Waals surface area contributed by atoms with Crippen LogP contribution < -0.4 is 4.90 Å². The number of fused-ring (bicyclic) bond motifs is 13. The number of aryl methyl sites for hydroxylation is 1. The molecular weight excluding hydrogens is 567 g/mol.